The molecule has 2 aliphatic heterocycles. The number of hydrogen-bond donors (Lipinski definition) is 0. The third-order valence-corrected chi connectivity index (χ3v) is 4.63. The molecule has 1 amide bonds. The number of fused-ring (bicyclic) bond motifs is 4. The van der Waals surface area contributed by atoms with Crippen LogP contribution in [-0.2, 0) is 0 Å². The molecular weight excluding hydrogens is 262 g/mol. The van der Waals surface area contributed by atoms with Crippen molar-refractivity contribution in [3.63, 3.8) is 0 Å². The summed E-state index contributed by atoms with van der Waals surface area (Å²) in [5, 5.41) is 0. The van der Waals surface area contributed by atoms with Crippen LogP contribution < -0.4 is 0 Å². The molecule has 0 radical (unpaired) electrons. The molecule has 2 atom stereocenters. The SMILES string of the molecule is C[C@H]1c2ccccc2C(=O)C[C@H]2c3ccccc3C(=O)N12. The van der Waals surface area contributed by atoms with E-state index in [0.717, 1.165) is 22.3 Å². The Morgan fingerprint density at radius 1 is 0.905 bits per heavy atom. The van der Waals surface area contributed by atoms with E-state index in [9.17, 15) is 9.59 Å². The fraction of sp³-hybridized carbons (Fsp3) is 0.222. The summed E-state index contributed by atoms with van der Waals surface area (Å²) in [4.78, 5) is 27.2. The van der Waals surface area contributed by atoms with Crippen LogP contribution >= 0.6 is 0 Å². The van der Waals surface area contributed by atoms with Crippen molar-refractivity contribution >= 4 is 11.7 Å². The first kappa shape index (κ1) is 12.3. The number of ketones is 1. The minimum atomic E-state index is -0.136. The number of carbonyl (C=O) groups is 2. The van der Waals surface area contributed by atoms with E-state index in [1.807, 2.05) is 60.4 Å². The van der Waals surface area contributed by atoms with Gasteiger partial charge in [-0.05, 0) is 24.1 Å². The maximum atomic E-state index is 12.7. The van der Waals surface area contributed by atoms with Gasteiger partial charge < -0.3 is 4.90 Å². The van der Waals surface area contributed by atoms with E-state index in [-0.39, 0.29) is 23.8 Å². The minimum absolute atomic E-state index is 0.0348. The third-order valence-electron chi connectivity index (χ3n) is 4.63. The summed E-state index contributed by atoms with van der Waals surface area (Å²) < 4.78 is 0. The first-order chi connectivity index (χ1) is 10.2. The zero-order valence-electron chi connectivity index (χ0n) is 11.7. The lowest BCUT2D eigenvalue weighted by atomic mass is 9.96. The van der Waals surface area contributed by atoms with E-state index in [1.165, 1.54) is 0 Å². The van der Waals surface area contributed by atoms with Crippen LogP contribution in [0.4, 0.5) is 0 Å². The molecule has 2 aromatic carbocycles. The van der Waals surface area contributed by atoms with Gasteiger partial charge in [0.25, 0.3) is 5.91 Å². The lowest BCUT2D eigenvalue weighted by Crippen LogP contribution is -2.30. The van der Waals surface area contributed by atoms with Gasteiger partial charge in [0.15, 0.2) is 5.78 Å². The highest BCUT2D eigenvalue weighted by Gasteiger charge is 2.43. The number of amides is 1. The Kier molecular flexibility index (Phi) is 2.52. The standard InChI is InChI=1S/C18H15NO2/c1-11-12-6-2-4-8-14(12)17(20)10-16-13-7-3-5-9-15(13)18(21)19(11)16/h2-9,11,16H,10H2,1H3/t11-,16-/m0/s1. The molecule has 0 saturated carbocycles. The zero-order chi connectivity index (χ0) is 14.6. The lowest BCUT2D eigenvalue weighted by molar-refractivity contribution is 0.0636. The maximum Gasteiger partial charge on any atom is 0.255 e. The van der Waals surface area contributed by atoms with E-state index < -0.39 is 0 Å². The number of carbonyl (C=O) groups excluding carboxylic acids is 2. The van der Waals surface area contributed by atoms with Crippen LogP contribution in [-0.4, -0.2) is 16.6 Å². The van der Waals surface area contributed by atoms with Gasteiger partial charge in [-0.25, -0.2) is 0 Å². The molecule has 0 spiro atoms. The van der Waals surface area contributed by atoms with Gasteiger partial charge in [-0.3, -0.25) is 9.59 Å². The highest BCUT2D eigenvalue weighted by Crippen LogP contribution is 2.44. The van der Waals surface area contributed by atoms with Gasteiger partial charge in [-0.2, -0.15) is 0 Å². The summed E-state index contributed by atoms with van der Waals surface area (Å²) in [6.07, 6.45) is 0.365. The second-order valence-corrected chi connectivity index (χ2v) is 5.71. The molecule has 0 unspecified atom stereocenters. The average Bonchev–Trinajstić information content (AvgIpc) is 2.73. The zero-order valence-corrected chi connectivity index (χ0v) is 11.7. The van der Waals surface area contributed by atoms with E-state index in [0.29, 0.717) is 6.42 Å². The van der Waals surface area contributed by atoms with Crippen LogP contribution in [0.15, 0.2) is 48.5 Å². The number of hydrogen-bond acceptors (Lipinski definition) is 2. The Hall–Kier alpha value is -2.42. The molecule has 0 aliphatic carbocycles. The maximum absolute atomic E-state index is 12.7. The van der Waals surface area contributed by atoms with Crippen molar-refractivity contribution in [2.24, 2.45) is 0 Å². The van der Waals surface area contributed by atoms with Gasteiger partial charge in [0.05, 0.1) is 12.1 Å². The molecule has 2 heterocycles. The van der Waals surface area contributed by atoms with Gasteiger partial charge in [0.1, 0.15) is 0 Å². The average molecular weight is 277 g/mol. The van der Waals surface area contributed by atoms with Crippen molar-refractivity contribution < 1.29 is 9.59 Å². The van der Waals surface area contributed by atoms with E-state index in [1.54, 1.807) is 0 Å². The van der Waals surface area contributed by atoms with Crippen LogP contribution in [0.25, 0.3) is 0 Å². The predicted octanol–water partition coefficient (Wildman–Crippen LogP) is 3.53. The normalized spacial score (nSPS) is 23.4. The first-order valence-electron chi connectivity index (χ1n) is 7.22. The van der Waals surface area contributed by atoms with Crippen molar-refractivity contribution in [1.82, 2.24) is 4.90 Å². The third kappa shape index (κ3) is 1.60. The van der Waals surface area contributed by atoms with Crippen LogP contribution in [0, 0.1) is 0 Å². The lowest BCUT2D eigenvalue weighted by Gasteiger charge is -2.29. The van der Waals surface area contributed by atoms with E-state index >= 15 is 0 Å². The molecular formula is C18H15NO2. The van der Waals surface area contributed by atoms with Gasteiger partial charge in [-0.15, -0.1) is 0 Å². The van der Waals surface area contributed by atoms with Gasteiger partial charge in [-0.1, -0.05) is 42.5 Å². The molecule has 0 N–H and O–H groups in total. The molecule has 21 heavy (non-hydrogen) atoms. The molecule has 0 fully saturated rings. The van der Waals surface area contributed by atoms with Crippen molar-refractivity contribution in [2.75, 3.05) is 0 Å². The summed E-state index contributed by atoms with van der Waals surface area (Å²) in [5.41, 5.74) is 3.42. The van der Waals surface area contributed by atoms with E-state index in [4.69, 9.17) is 0 Å². The molecule has 0 saturated heterocycles. The molecule has 2 aromatic rings. The van der Waals surface area contributed by atoms with Crippen molar-refractivity contribution in [1.29, 1.82) is 0 Å². The second-order valence-electron chi connectivity index (χ2n) is 5.71. The quantitative estimate of drug-likeness (QED) is 0.738. The fourth-order valence-corrected chi connectivity index (χ4v) is 3.62. The first-order valence-corrected chi connectivity index (χ1v) is 7.22. The monoisotopic (exact) mass is 277 g/mol. The predicted molar refractivity (Wildman–Crippen MR) is 79.2 cm³/mol. The summed E-state index contributed by atoms with van der Waals surface area (Å²) in [5.74, 6) is 0.155. The Balaban J connectivity index is 1.91. The van der Waals surface area contributed by atoms with Gasteiger partial charge in [0, 0.05) is 17.5 Å². The number of nitrogens with zero attached hydrogens (tertiary/aromatic N) is 1. The molecule has 3 nitrogen and oxygen atoms in total. The number of rotatable bonds is 0. The second kappa shape index (κ2) is 4.29. The molecule has 4 rings (SSSR count). The smallest absolute Gasteiger partial charge is 0.255 e. The minimum Gasteiger partial charge on any atom is -0.324 e. The highest BCUT2D eigenvalue weighted by atomic mass is 16.2. The largest absolute Gasteiger partial charge is 0.324 e. The van der Waals surface area contributed by atoms with Crippen LogP contribution in [0.2, 0.25) is 0 Å². The summed E-state index contributed by atoms with van der Waals surface area (Å²) in [6, 6.07) is 15.0. The van der Waals surface area contributed by atoms with Gasteiger partial charge in [0.2, 0.25) is 0 Å². The van der Waals surface area contributed by atoms with Crippen LogP contribution in [0.3, 0.4) is 0 Å². The van der Waals surface area contributed by atoms with Crippen LogP contribution in [0.5, 0.6) is 0 Å². The number of Topliss-reactive ketones (excluding diaryl/α,β-unsaturated/α-hetero) is 1. The topological polar surface area (TPSA) is 37.4 Å². The highest BCUT2D eigenvalue weighted by molar-refractivity contribution is 6.04. The molecule has 3 heteroatoms. The summed E-state index contributed by atoms with van der Waals surface area (Å²) in [7, 11) is 0. The Morgan fingerprint density at radius 2 is 1.52 bits per heavy atom. The molecule has 0 bridgehead atoms. The number of benzene rings is 2. The van der Waals surface area contributed by atoms with Crippen molar-refractivity contribution in [3.05, 3.63) is 70.8 Å². The molecule has 2 aliphatic rings. The fourth-order valence-electron chi connectivity index (χ4n) is 3.62. The Labute approximate surface area is 123 Å². The Morgan fingerprint density at radius 3 is 2.29 bits per heavy atom. The van der Waals surface area contributed by atoms with Gasteiger partial charge >= 0.3 is 0 Å². The van der Waals surface area contributed by atoms with Crippen molar-refractivity contribution in [3.8, 4) is 0 Å². The summed E-state index contributed by atoms with van der Waals surface area (Å²) >= 11 is 0. The molecule has 0 aromatic heterocycles. The van der Waals surface area contributed by atoms with Crippen LogP contribution in [0.1, 0.15) is 57.3 Å². The van der Waals surface area contributed by atoms with Crippen molar-refractivity contribution in [2.45, 2.75) is 25.4 Å². The molecule has 104 valence electrons. The van der Waals surface area contributed by atoms with E-state index in [2.05, 4.69) is 0 Å². The Bertz CT molecular complexity index is 765. The summed E-state index contributed by atoms with van der Waals surface area (Å²) in [6.45, 7) is 2.01.